The standard InChI is InChI=1S/C20H32N4O2.3ClH/c1-17(22-19(25)20(26-2)8-10-21-11-9-20)16-23-12-14-24(15-13-23)18-6-4-3-5-7-18;;;/h3-7,17,21H,8-16H2,1-2H3,(H,22,25);3*1H. The molecular weight excluding hydrogens is 435 g/mol. The van der Waals surface area contributed by atoms with Crippen molar-refractivity contribution >= 4 is 48.8 Å². The zero-order chi connectivity index (χ0) is 18.4. The van der Waals surface area contributed by atoms with Crippen LogP contribution < -0.4 is 15.5 Å². The fraction of sp³-hybridized carbons (Fsp3) is 0.650. The minimum atomic E-state index is -0.661. The molecule has 1 amide bonds. The number of carbonyl (C=O) groups is 1. The van der Waals surface area contributed by atoms with Crippen LogP contribution in [-0.4, -0.2) is 75.4 Å². The monoisotopic (exact) mass is 468 g/mol. The highest BCUT2D eigenvalue weighted by Crippen LogP contribution is 2.23. The first kappa shape index (κ1) is 28.2. The van der Waals surface area contributed by atoms with Gasteiger partial charge in [0.1, 0.15) is 5.60 Å². The molecule has 2 fully saturated rings. The van der Waals surface area contributed by atoms with Crippen LogP contribution in [0.1, 0.15) is 19.8 Å². The molecule has 2 aliphatic rings. The van der Waals surface area contributed by atoms with Crippen molar-refractivity contribution < 1.29 is 9.53 Å². The third-order valence-electron chi connectivity index (χ3n) is 5.62. The summed E-state index contributed by atoms with van der Waals surface area (Å²) in [6, 6.07) is 10.7. The second kappa shape index (κ2) is 13.5. The first-order chi connectivity index (χ1) is 12.6. The van der Waals surface area contributed by atoms with Gasteiger partial charge in [-0.15, -0.1) is 37.2 Å². The molecule has 1 aromatic rings. The summed E-state index contributed by atoms with van der Waals surface area (Å²) in [5, 5.41) is 6.48. The van der Waals surface area contributed by atoms with Crippen LogP contribution in [0.25, 0.3) is 0 Å². The molecule has 0 spiro atoms. The van der Waals surface area contributed by atoms with Gasteiger partial charge < -0.3 is 20.3 Å². The van der Waals surface area contributed by atoms with E-state index in [9.17, 15) is 4.79 Å². The first-order valence-corrected chi connectivity index (χ1v) is 9.72. The Hall–Kier alpha value is -0.760. The molecule has 0 radical (unpaired) electrons. The Morgan fingerprint density at radius 1 is 1.10 bits per heavy atom. The summed E-state index contributed by atoms with van der Waals surface area (Å²) >= 11 is 0. The molecule has 0 aliphatic carbocycles. The van der Waals surface area contributed by atoms with E-state index in [1.54, 1.807) is 7.11 Å². The summed E-state index contributed by atoms with van der Waals surface area (Å²) < 4.78 is 5.62. The van der Waals surface area contributed by atoms with Gasteiger partial charge in [-0.25, -0.2) is 0 Å². The summed E-state index contributed by atoms with van der Waals surface area (Å²) in [5.41, 5.74) is 0.632. The normalized spacial score (nSPS) is 19.7. The lowest BCUT2D eigenvalue weighted by molar-refractivity contribution is -0.147. The van der Waals surface area contributed by atoms with Crippen molar-refractivity contribution in [2.45, 2.75) is 31.4 Å². The number of nitrogens with zero attached hydrogens (tertiary/aromatic N) is 2. The van der Waals surface area contributed by atoms with Crippen LogP contribution in [0.15, 0.2) is 30.3 Å². The van der Waals surface area contributed by atoms with Crippen molar-refractivity contribution in [3.05, 3.63) is 30.3 Å². The van der Waals surface area contributed by atoms with Gasteiger partial charge in [0.2, 0.25) is 0 Å². The Labute approximate surface area is 193 Å². The fourth-order valence-electron chi connectivity index (χ4n) is 3.97. The van der Waals surface area contributed by atoms with Gasteiger partial charge in [0.05, 0.1) is 0 Å². The Bertz CT molecular complexity index is 580. The average Bonchev–Trinajstić information content (AvgIpc) is 2.69. The molecule has 2 N–H and O–H groups in total. The maximum atomic E-state index is 12.7. The van der Waals surface area contributed by atoms with Crippen LogP contribution in [0.2, 0.25) is 0 Å². The summed E-state index contributed by atoms with van der Waals surface area (Å²) in [6.07, 6.45) is 1.47. The average molecular weight is 470 g/mol. The summed E-state index contributed by atoms with van der Waals surface area (Å²) in [4.78, 5) is 17.6. The van der Waals surface area contributed by atoms with Gasteiger partial charge in [-0.05, 0) is 45.0 Å². The number of hydrogen-bond donors (Lipinski definition) is 2. The van der Waals surface area contributed by atoms with Gasteiger partial charge in [0.15, 0.2) is 0 Å². The minimum Gasteiger partial charge on any atom is -0.369 e. The number of hydrogen-bond acceptors (Lipinski definition) is 5. The Kier molecular flexibility index (Phi) is 13.2. The lowest BCUT2D eigenvalue weighted by atomic mass is 9.91. The van der Waals surface area contributed by atoms with Crippen molar-refractivity contribution in [3.63, 3.8) is 0 Å². The number of piperidine rings is 1. The Morgan fingerprint density at radius 2 is 1.69 bits per heavy atom. The zero-order valence-corrected chi connectivity index (χ0v) is 19.7. The first-order valence-electron chi connectivity index (χ1n) is 9.72. The summed E-state index contributed by atoms with van der Waals surface area (Å²) in [5.74, 6) is 0.0388. The van der Waals surface area contributed by atoms with Gasteiger partial charge >= 0.3 is 0 Å². The number of amides is 1. The van der Waals surface area contributed by atoms with Crippen molar-refractivity contribution in [2.75, 3.05) is 57.8 Å². The largest absolute Gasteiger partial charge is 0.369 e. The molecule has 2 heterocycles. The van der Waals surface area contributed by atoms with E-state index in [2.05, 4.69) is 57.7 Å². The van der Waals surface area contributed by atoms with Gasteiger partial charge in [-0.3, -0.25) is 9.69 Å². The second-order valence-electron chi connectivity index (χ2n) is 7.45. The second-order valence-corrected chi connectivity index (χ2v) is 7.45. The van der Waals surface area contributed by atoms with Crippen molar-refractivity contribution in [1.29, 1.82) is 0 Å². The molecule has 0 bridgehead atoms. The zero-order valence-electron chi connectivity index (χ0n) is 17.3. The molecule has 2 aliphatic heterocycles. The number of para-hydroxylation sites is 1. The lowest BCUT2D eigenvalue weighted by Crippen LogP contribution is -2.57. The maximum absolute atomic E-state index is 12.7. The predicted molar refractivity (Wildman–Crippen MR) is 126 cm³/mol. The van der Waals surface area contributed by atoms with Crippen LogP contribution in [0, 0.1) is 0 Å². The van der Waals surface area contributed by atoms with E-state index in [1.165, 1.54) is 5.69 Å². The molecule has 6 nitrogen and oxygen atoms in total. The fourth-order valence-corrected chi connectivity index (χ4v) is 3.97. The van der Waals surface area contributed by atoms with Crippen LogP contribution in [0.4, 0.5) is 5.69 Å². The molecule has 0 aromatic heterocycles. The number of anilines is 1. The molecule has 1 atom stereocenters. The maximum Gasteiger partial charge on any atom is 0.252 e. The van der Waals surface area contributed by atoms with Gasteiger partial charge in [-0.2, -0.15) is 0 Å². The molecule has 1 aromatic carbocycles. The number of piperazine rings is 1. The van der Waals surface area contributed by atoms with E-state index in [4.69, 9.17) is 4.74 Å². The van der Waals surface area contributed by atoms with E-state index < -0.39 is 5.60 Å². The highest BCUT2D eigenvalue weighted by molar-refractivity contribution is 5.86. The van der Waals surface area contributed by atoms with Crippen molar-refractivity contribution in [2.24, 2.45) is 0 Å². The number of ether oxygens (including phenoxy) is 1. The molecule has 2 saturated heterocycles. The highest BCUT2D eigenvalue weighted by Gasteiger charge is 2.40. The number of nitrogens with one attached hydrogen (secondary N) is 2. The molecule has 168 valence electrons. The van der Waals surface area contributed by atoms with Gasteiger partial charge in [-0.1, -0.05) is 18.2 Å². The van der Waals surface area contributed by atoms with Gasteiger partial charge in [0.25, 0.3) is 5.91 Å². The van der Waals surface area contributed by atoms with Crippen LogP contribution in [0.3, 0.4) is 0 Å². The lowest BCUT2D eigenvalue weighted by Gasteiger charge is -2.38. The number of halogens is 3. The molecule has 9 heteroatoms. The number of methoxy groups -OCH3 is 1. The van der Waals surface area contributed by atoms with Crippen LogP contribution in [0.5, 0.6) is 0 Å². The highest BCUT2D eigenvalue weighted by atomic mass is 35.5. The van der Waals surface area contributed by atoms with Crippen molar-refractivity contribution in [3.8, 4) is 0 Å². The minimum absolute atomic E-state index is 0. The molecule has 1 unspecified atom stereocenters. The Morgan fingerprint density at radius 3 is 2.24 bits per heavy atom. The van der Waals surface area contributed by atoms with Gasteiger partial charge in [0, 0.05) is 51.6 Å². The molecule has 0 saturated carbocycles. The van der Waals surface area contributed by atoms with Crippen LogP contribution >= 0.6 is 37.2 Å². The third-order valence-corrected chi connectivity index (χ3v) is 5.62. The van der Waals surface area contributed by atoms with E-state index in [0.717, 1.165) is 58.7 Å². The SMILES string of the molecule is COC1(C(=O)NC(C)CN2CCN(c3ccccc3)CC2)CCNCC1.Cl.Cl.Cl. The van der Waals surface area contributed by atoms with Crippen molar-refractivity contribution in [1.82, 2.24) is 15.5 Å². The van der Waals surface area contributed by atoms with E-state index in [1.807, 2.05) is 0 Å². The summed E-state index contributed by atoms with van der Waals surface area (Å²) in [7, 11) is 1.65. The van der Waals surface area contributed by atoms with E-state index in [0.29, 0.717) is 0 Å². The molecular formula is C20H35Cl3N4O2. The third kappa shape index (κ3) is 7.46. The number of carbonyl (C=O) groups excluding carboxylic acids is 1. The Balaban J connectivity index is 0.00000261. The van der Waals surface area contributed by atoms with E-state index >= 15 is 0 Å². The number of benzene rings is 1. The number of rotatable bonds is 6. The summed E-state index contributed by atoms with van der Waals surface area (Å²) in [6.45, 7) is 8.73. The molecule has 29 heavy (non-hydrogen) atoms. The van der Waals surface area contributed by atoms with Crippen LogP contribution in [-0.2, 0) is 9.53 Å². The van der Waals surface area contributed by atoms with E-state index in [-0.39, 0.29) is 49.2 Å². The quantitative estimate of drug-likeness (QED) is 0.670. The molecule has 3 rings (SSSR count). The smallest absolute Gasteiger partial charge is 0.252 e. The topological polar surface area (TPSA) is 56.8 Å². The predicted octanol–water partition coefficient (Wildman–Crippen LogP) is 2.35.